The minimum atomic E-state index is -0.183. The summed E-state index contributed by atoms with van der Waals surface area (Å²) >= 11 is 0. The van der Waals surface area contributed by atoms with E-state index in [9.17, 15) is 9.59 Å². The van der Waals surface area contributed by atoms with Crippen molar-refractivity contribution in [3.63, 3.8) is 0 Å². The van der Waals surface area contributed by atoms with Crippen molar-refractivity contribution in [2.24, 2.45) is 0 Å². The Labute approximate surface area is 227 Å². The molecular formula is C33H40N2O3. The Morgan fingerprint density at radius 2 is 1.55 bits per heavy atom. The molecule has 0 aromatic heterocycles. The Bertz CT molecular complexity index is 1210. The number of para-hydroxylation sites is 1. The number of amides is 2. The van der Waals surface area contributed by atoms with Crippen LogP contribution in [0.1, 0.15) is 72.4 Å². The molecule has 0 saturated heterocycles. The number of fused-ring (bicyclic) bond motifs is 1. The molecule has 200 valence electrons. The number of hydrogen-bond donors (Lipinski definition) is 0. The molecule has 5 heteroatoms. The largest absolute Gasteiger partial charge is 0.491 e. The summed E-state index contributed by atoms with van der Waals surface area (Å²) in [5.41, 5.74) is 3.63. The quantitative estimate of drug-likeness (QED) is 0.408. The smallest absolute Gasteiger partial charge is 0.257 e. The minimum absolute atomic E-state index is 0.00449. The van der Waals surface area contributed by atoms with Crippen molar-refractivity contribution in [1.29, 1.82) is 0 Å². The fourth-order valence-corrected chi connectivity index (χ4v) is 4.99. The number of hydrogen-bond acceptors (Lipinski definition) is 3. The van der Waals surface area contributed by atoms with Crippen molar-refractivity contribution in [2.75, 3.05) is 26.2 Å². The van der Waals surface area contributed by atoms with Gasteiger partial charge in [-0.15, -0.1) is 0 Å². The van der Waals surface area contributed by atoms with E-state index in [1.54, 1.807) is 0 Å². The Morgan fingerprint density at radius 1 is 0.895 bits per heavy atom. The van der Waals surface area contributed by atoms with Gasteiger partial charge in [0.25, 0.3) is 11.8 Å². The van der Waals surface area contributed by atoms with Crippen molar-refractivity contribution in [2.45, 2.75) is 58.4 Å². The summed E-state index contributed by atoms with van der Waals surface area (Å²) in [6, 6.07) is 25.5. The monoisotopic (exact) mass is 512 g/mol. The molecule has 38 heavy (non-hydrogen) atoms. The van der Waals surface area contributed by atoms with Crippen LogP contribution in [0.3, 0.4) is 0 Å². The Balaban J connectivity index is 1.69. The molecule has 1 aliphatic heterocycles. The van der Waals surface area contributed by atoms with Crippen molar-refractivity contribution in [3.05, 3.63) is 101 Å². The molecule has 0 spiro atoms. The first-order valence-electron chi connectivity index (χ1n) is 13.7. The van der Waals surface area contributed by atoms with Crippen LogP contribution in [-0.2, 0) is 11.8 Å². The van der Waals surface area contributed by atoms with Gasteiger partial charge in [-0.1, -0.05) is 75.4 Å². The first-order valence-corrected chi connectivity index (χ1v) is 13.7. The highest BCUT2D eigenvalue weighted by molar-refractivity contribution is 5.97. The maximum atomic E-state index is 14.0. The van der Waals surface area contributed by atoms with Crippen LogP contribution < -0.4 is 4.74 Å². The van der Waals surface area contributed by atoms with Gasteiger partial charge in [0, 0.05) is 25.2 Å². The second-order valence-electron chi connectivity index (χ2n) is 11.1. The maximum Gasteiger partial charge on any atom is 0.257 e. The molecule has 4 rings (SSSR count). The van der Waals surface area contributed by atoms with Crippen molar-refractivity contribution >= 4 is 11.8 Å². The number of benzene rings is 3. The molecule has 0 aliphatic carbocycles. The van der Waals surface area contributed by atoms with E-state index in [4.69, 9.17) is 4.74 Å². The van der Waals surface area contributed by atoms with Gasteiger partial charge in [-0.3, -0.25) is 9.59 Å². The van der Waals surface area contributed by atoms with Gasteiger partial charge in [-0.05, 0) is 67.0 Å². The topological polar surface area (TPSA) is 49.9 Å². The number of rotatable bonds is 4. The Hall–Kier alpha value is -3.60. The lowest BCUT2D eigenvalue weighted by atomic mass is 9.86. The van der Waals surface area contributed by atoms with Gasteiger partial charge in [0.1, 0.15) is 12.4 Å². The number of nitrogens with zero attached hydrogens (tertiary/aromatic N) is 2. The zero-order valence-electron chi connectivity index (χ0n) is 23.2. The second-order valence-corrected chi connectivity index (χ2v) is 11.1. The Morgan fingerprint density at radius 3 is 2.24 bits per heavy atom. The lowest BCUT2D eigenvalue weighted by Crippen LogP contribution is -2.46. The first-order chi connectivity index (χ1) is 18.3. The number of carbonyl (C=O) groups is 2. The third-order valence-corrected chi connectivity index (χ3v) is 7.31. The van der Waals surface area contributed by atoms with E-state index in [2.05, 4.69) is 45.0 Å². The molecule has 1 aliphatic rings. The van der Waals surface area contributed by atoms with Crippen LogP contribution in [0.25, 0.3) is 0 Å². The van der Waals surface area contributed by atoms with Gasteiger partial charge in [0.15, 0.2) is 0 Å². The zero-order chi connectivity index (χ0) is 27.1. The summed E-state index contributed by atoms with van der Waals surface area (Å²) in [6.45, 7) is 10.7. The summed E-state index contributed by atoms with van der Waals surface area (Å²) < 4.78 is 6.35. The molecule has 5 nitrogen and oxygen atoms in total. The first kappa shape index (κ1) is 27.4. The van der Waals surface area contributed by atoms with Gasteiger partial charge in [-0.25, -0.2) is 0 Å². The SMILES string of the molecule is CCN1CCCCN(C(=O)c2ccc(C(C)(C)C)cc2)[C@H](Cc2ccccc2)COc2ccccc2C1=O. The fraction of sp³-hybridized carbons (Fsp3) is 0.394. The van der Waals surface area contributed by atoms with Crippen LogP contribution in [0.15, 0.2) is 78.9 Å². The van der Waals surface area contributed by atoms with E-state index >= 15 is 0 Å². The highest BCUT2D eigenvalue weighted by Gasteiger charge is 2.28. The molecule has 3 aromatic rings. The molecule has 0 bridgehead atoms. The van der Waals surface area contributed by atoms with Gasteiger partial charge < -0.3 is 14.5 Å². The molecule has 0 saturated carbocycles. The predicted octanol–water partition coefficient (Wildman–Crippen LogP) is 6.37. The van der Waals surface area contributed by atoms with E-state index in [1.165, 1.54) is 5.56 Å². The van der Waals surface area contributed by atoms with Crippen LogP contribution in [0.2, 0.25) is 0 Å². The molecule has 0 radical (unpaired) electrons. The van der Waals surface area contributed by atoms with Crippen molar-refractivity contribution in [3.8, 4) is 5.75 Å². The van der Waals surface area contributed by atoms with Crippen LogP contribution in [0, 0.1) is 0 Å². The predicted molar refractivity (Wildman–Crippen MR) is 153 cm³/mol. The molecule has 2 amide bonds. The van der Waals surface area contributed by atoms with Crippen LogP contribution in [0.4, 0.5) is 0 Å². The third-order valence-electron chi connectivity index (χ3n) is 7.31. The molecule has 0 fully saturated rings. The molecular weight excluding hydrogens is 472 g/mol. The van der Waals surface area contributed by atoms with E-state index in [0.29, 0.717) is 49.5 Å². The standard InChI is InChI=1S/C33H40N2O3/c1-5-34-21-11-12-22-35(31(36)26-17-19-27(20-18-26)33(2,3)4)28(23-25-13-7-6-8-14-25)24-38-30-16-10-9-15-29(30)32(34)37/h6-10,13-20,28H,5,11-12,21-24H2,1-4H3/t28-/m1/s1. The highest BCUT2D eigenvalue weighted by atomic mass is 16.5. The lowest BCUT2D eigenvalue weighted by Gasteiger charge is -2.34. The summed E-state index contributed by atoms with van der Waals surface area (Å²) in [7, 11) is 0. The average molecular weight is 513 g/mol. The van der Waals surface area contributed by atoms with Crippen LogP contribution in [0.5, 0.6) is 5.75 Å². The molecule has 3 aromatic carbocycles. The van der Waals surface area contributed by atoms with E-state index in [0.717, 1.165) is 18.4 Å². The zero-order valence-corrected chi connectivity index (χ0v) is 23.2. The van der Waals surface area contributed by atoms with E-state index in [-0.39, 0.29) is 23.3 Å². The van der Waals surface area contributed by atoms with E-state index < -0.39 is 0 Å². The summed E-state index contributed by atoms with van der Waals surface area (Å²) in [5, 5.41) is 0. The summed E-state index contributed by atoms with van der Waals surface area (Å²) in [6.07, 6.45) is 2.31. The minimum Gasteiger partial charge on any atom is -0.491 e. The van der Waals surface area contributed by atoms with Gasteiger partial charge in [-0.2, -0.15) is 0 Å². The molecule has 0 N–H and O–H groups in total. The van der Waals surface area contributed by atoms with Crippen LogP contribution >= 0.6 is 0 Å². The third kappa shape index (κ3) is 6.63. The normalized spacial score (nSPS) is 17.2. The van der Waals surface area contributed by atoms with Crippen molar-refractivity contribution < 1.29 is 14.3 Å². The van der Waals surface area contributed by atoms with Gasteiger partial charge in [0.2, 0.25) is 0 Å². The molecule has 1 heterocycles. The van der Waals surface area contributed by atoms with Crippen LogP contribution in [-0.4, -0.2) is 53.9 Å². The maximum absolute atomic E-state index is 14.0. The fourth-order valence-electron chi connectivity index (χ4n) is 4.99. The lowest BCUT2D eigenvalue weighted by molar-refractivity contribution is 0.0586. The average Bonchev–Trinajstić information content (AvgIpc) is 2.92. The van der Waals surface area contributed by atoms with Crippen molar-refractivity contribution in [1.82, 2.24) is 9.80 Å². The summed E-state index contributed by atoms with van der Waals surface area (Å²) in [4.78, 5) is 31.1. The molecule has 0 unspecified atom stereocenters. The number of ether oxygens (including phenoxy) is 1. The van der Waals surface area contributed by atoms with Gasteiger partial charge >= 0.3 is 0 Å². The Kier molecular flexibility index (Phi) is 8.88. The highest BCUT2D eigenvalue weighted by Crippen LogP contribution is 2.25. The van der Waals surface area contributed by atoms with E-state index in [1.807, 2.05) is 71.3 Å². The number of carbonyl (C=O) groups excluding carboxylic acids is 2. The second kappa shape index (κ2) is 12.3. The summed E-state index contributed by atoms with van der Waals surface area (Å²) in [5.74, 6) is 0.579. The van der Waals surface area contributed by atoms with Gasteiger partial charge in [0.05, 0.1) is 11.6 Å². The molecule has 1 atom stereocenters.